The van der Waals surface area contributed by atoms with Gasteiger partial charge in [-0.3, -0.25) is 0 Å². The van der Waals surface area contributed by atoms with Gasteiger partial charge in [0.15, 0.2) is 0 Å². The van der Waals surface area contributed by atoms with Crippen molar-refractivity contribution in [1.82, 2.24) is 4.57 Å². The quantitative estimate of drug-likeness (QED) is 0.151. The van der Waals surface area contributed by atoms with Crippen molar-refractivity contribution in [2.24, 2.45) is 0 Å². The van der Waals surface area contributed by atoms with Gasteiger partial charge in [0.05, 0.1) is 16.7 Å². The van der Waals surface area contributed by atoms with Crippen LogP contribution in [0.3, 0.4) is 0 Å². The van der Waals surface area contributed by atoms with Gasteiger partial charge in [-0.1, -0.05) is 166 Å². The first-order valence-electron chi connectivity index (χ1n) is 23.6. The summed E-state index contributed by atoms with van der Waals surface area (Å²) in [6, 6.07) is 91.2. The molecule has 0 atom stereocenters. The van der Waals surface area contributed by atoms with E-state index in [1.165, 1.54) is 82.4 Å². The van der Waals surface area contributed by atoms with Crippen LogP contribution in [0.1, 0.15) is 25.0 Å². The van der Waals surface area contributed by atoms with E-state index in [2.05, 4.69) is 277 Å². The van der Waals surface area contributed by atoms with Gasteiger partial charge in [-0.25, -0.2) is 0 Å². The maximum absolute atomic E-state index is 2.52. The summed E-state index contributed by atoms with van der Waals surface area (Å²) in [6.07, 6.45) is 0. The molecule has 1 aromatic heterocycles. The van der Waals surface area contributed by atoms with Crippen molar-refractivity contribution in [3.63, 3.8) is 0 Å². The average molecular weight is 870 g/mol. The van der Waals surface area contributed by atoms with E-state index in [-0.39, 0.29) is 5.41 Å². The number of fused-ring (bicyclic) bond motifs is 7. The molecule has 0 spiro atoms. The van der Waals surface area contributed by atoms with Crippen LogP contribution in [0.2, 0.25) is 0 Å². The molecule has 0 unspecified atom stereocenters. The highest BCUT2D eigenvalue weighted by molar-refractivity contribution is 6.14. The third kappa shape index (κ3) is 6.50. The molecular weight excluding hydrogens is 823 g/mol. The summed E-state index contributed by atoms with van der Waals surface area (Å²) >= 11 is 0. The highest BCUT2D eigenvalue weighted by Crippen LogP contribution is 2.51. The molecule has 13 rings (SSSR count). The van der Waals surface area contributed by atoms with Gasteiger partial charge in [-0.05, 0) is 152 Å². The van der Waals surface area contributed by atoms with Crippen molar-refractivity contribution in [2.75, 3.05) is 9.80 Å². The Balaban J connectivity index is 0.991. The van der Waals surface area contributed by atoms with Gasteiger partial charge in [0.1, 0.15) is 0 Å². The molecule has 11 aromatic carbocycles. The van der Waals surface area contributed by atoms with Crippen LogP contribution in [-0.2, 0) is 5.41 Å². The molecule has 0 aliphatic carbocycles. The summed E-state index contributed by atoms with van der Waals surface area (Å²) in [5.41, 5.74) is 17.5. The number of aromatic nitrogens is 1. The first-order valence-corrected chi connectivity index (χ1v) is 23.6. The van der Waals surface area contributed by atoms with Crippen molar-refractivity contribution in [3.05, 3.63) is 260 Å². The molecule has 3 nitrogen and oxygen atoms in total. The molecule has 0 fully saturated rings. The van der Waals surface area contributed by atoms with Gasteiger partial charge in [0.25, 0.3) is 0 Å². The van der Waals surface area contributed by atoms with E-state index in [9.17, 15) is 0 Å². The first kappa shape index (κ1) is 39.7. The summed E-state index contributed by atoms with van der Waals surface area (Å²) in [6.45, 7) is 4.78. The largest absolute Gasteiger partial charge is 0.310 e. The molecule has 322 valence electrons. The Morgan fingerprint density at radius 3 is 1.32 bits per heavy atom. The lowest BCUT2D eigenvalue weighted by Gasteiger charge is -2.36. The lowest BCUT2D eigenvalue weighted by Crippen LogP contribution is -2.26. The Labute approximate surface area is 397 Å². The maximum atomic E-state index is 2.52. The molecular formula is C65H47N3. The molecule has 12 aromatic rings. The fourth-order valence-corrected chi connectivity index (χ4v) is 10.8. The SMILES string of the molecule is CC1(C)c2ccccc2-n2c3ccc(N(c4ccccc4)c4ccc(-c5ccc6ccccc6c5)cc4)cc3c3cc(N(c4ccccc4)c4ccc(-c5ccc6ccccc6c5)cc4)cc1c32. The predicted molar refractivity (Wildman–Crippen MR) is 288 cm³/mol. The Kier molecular flexibility index (Phi) is 9.19. The van der Waals surface area contributed by atoms with Gasteiger partial charge < -0.3 is 14.4 Å². The van der Waals surface area contributed by atoms with Gasteiger partial charge in [0.2, 0.25) is 0 Å². The van der Waals surface area contributed by atoms with Crippen molar-refractivity contribution >= 4 is 77.5 Å². The highest BCUT2D eigenvalue weighted by atomic mass is 15.2. The molecule has 0 N–H and O–H groups in total. The molecule has 68 heavy (non-hydrogen) atoms. The van der Waals surface area contributed by atoms with Crippen molar-refractivity contribution in [1.29, 1.82) is 0 Å². The molecule has 3 heteroatoms. The van der Waals surface area contributed by atoms with Crippen molar-refractivity contribution in [2.45, 2.75) is 19.3 Å². The van der Waals surface area contributed by atoms with E-state index in [0.717, 1.165) is 34.1 Å². The van der Waals surface area contributed by atoms with Crippen LogP contribution in [0.4, 0.5) is 34.1 Å². The van der Waals surface area contributed by atoms with E-state index in [1.54, 1.807) is 0 Å². The molecule has 1 aliphatic rings. The third-order valence-electron chi connectivity index (χ3n) is 14.3. The maximum Gasteiger partial charge on any atom is 0.0583 e. The van der Waals surface area contributed by atoms with Crippen LogP contribution in [0.5, 0.6) is 0 Å². The number of anilines is 6. The van der Waals surface area contributed by atoms with Crippen molar-refractivity contribution < 1.29 is 0 Å². The first-order chi connectivity index (χ1) is 33.5. The second kappa shape index (κ2) is 15.8. The molecule has 1 aliphatic heterocycles. The van der Waals surface area contributed by atoms with E-state index in [1.807, 2.05) is 0 Å². The summed E-state index contributed by atoms with van der Waals surface area (Å²) in [7, 11) is 0. The molecule has 2 heterocycles. The summed E-state index contributed by atoms with van der Waals surface area (Å²) in [5, 5.41) is 7.43. The Morgan fingerprint density at radius 2 is 0.750 bits per heavy atom. The number of hydrogen-bond acceptors (Lipinski definition) is 2. The van der Waals surface area contributed by atoms with Crippen LogP contribution in [0.25, 0.3) is 71.3 Å². The van der Waals surface area contributed by atoms with Gasteiger partial charge in [0, 0.05) is 50.3 Å². The minimum atomic E-state index is -0.275. The smallest absolute Gasteiger partial charge is 0.0583 e. The van der Waals surface area contributed by atoms with Crippen molar-refractivity contribution in [3.8, 4) is 27.9 Å². The number of benzene rings is 11. The monoisotopic (exact) mass is 869 g/mol. The molecule has 0 amide bonds. The summed E-state index contributed by atoms with van der Waals surface area (Å²) in [5.74, 6) is 0. The van der Waals surface area contributed by atoms with Crippen LogP contribution in [0.15, 0.2) is 249 Å². The Morgan fingerprint density at radius 1 is 0.309 bits per heavy atom. The number of rotatable bonds is 8. The lowest BCUT2D eigenvalue weighted by molar-refractivity contribution is 0.630. The zero-order valence-corrected chi connectivity index (χ0v) is 38.0. The number of para-hydroxylation sites is 3. The average Bonchev–Trinajstić information content (AvgIpc) is 3.72. The fraction of sp³-hybridized carbons (Fsp3) is 0.0462. The molecule has 0 radical (unpaired) electrons. The Hall–Kier alpha value is -8.66. The van der Waals surface area contributed by atoms with E-state index in [0.29, 0.717) is 0 Å². The Bertz CT molecular complexity index is 3870. The van der Waals surface area contributed by atoms with Crippen LogP contribution in [0, 0.1) is 0 Å². The van der Waals surface area contributed by atoms with Crippen LogP contribution < -0.4 is 9.80 Å². The summed E-state index contributed by atoms with van der Waals surface area (Å²) < 4.78 is 2.52. The molecule has 0 saturated carbocycles. The van der Waals surface area contributed by atoms with Gasteiger partial charge >= 0.3 is 0 Å². The highest BCUT2D eigenvalue weighted by Gasteiger charge is 2.36. The minimum absolute atomic E-state index is 0.275. The third-order valence-corrected chi connectivity index (χ3v) is 14.3. The van der Waals surface area contributed by atoms with E-state index >= 15 is 0 Å². The van der Waals surface area contributed by atoms with E-state index in [4.69, 9.17) is 0 Å². The second-order valence-corrected chi connectivity index (χ2v) is 18.6. The fourth-order valence-electron chi connectivity index (χ4n) is 10.8. The zero-order valence-electron chi connectivity index (χ0n) is 38.0. The van der Waals surface area contributed by atoms with Gasteiger partial charge in [-0.2, -0.15) is 0 Å². The van der Waals surface area contributed by atoms with Crippen LogP contribution in [-0.4, -0.2) is 4.57 Å². The number of nitrogens with zero attached hydrogens (tertiary/aromatic N) is 3. The van der Waals surface area contributed by atoms with Crippen LogP contribution >= 0.6 is 0 Å². The topological polar surface area (TPSA) is 11.4 Å². The number of hydrogen-bond donors (Lipinski definition) is 0. The lowest BCUT2D eigenvalue weighted by atomic mass is 9.74. The van der Waals surface area contributed by atoms with Gasteiger partial charge in [-0.15, -0.1) is 0 Å². The minimum Gasteiger partial charge on any atom is -0.310 e. The van der Waals surface area contributed by atoms with E-state index < -0.39 is 0 Å². The standard InChI is InChI=1S/C65H47N3/c1-65(2)60-23-13-14-24-63(60)68-62-38-37-56(66(52-19-5-3-6-20-52)54-33-29-46(30-34-54)50-27-25-44-15-9-11-17-48(44)39-50)41-58(62)59-42-57(43-61(65)64(59)68)67(53-21-7-4-8-22-53)55-35-31-47(32-36-55)51-28-26-45-16-10-12-18-49(45)40-51/h3-43H,1-2H3. The predicted octanol–water partition coefficient (Wildman–Crippen LogP) is 18.0. The summed E-state index contributed by atoms with van der Waals surface area (Å²) in [4.78, 5) is 4.82. The molecule has 0 bridgehead atoms. The zero-order chi connectivity index (χ0) is 45.3. The normalized spacial score (nSPS) is 12.7. The molecule has 0 saturated heterocycles. The second-order valence-electron chi connectivity index (χ2n) is 18.6.